The second-order valence-electron chi connectivity index (χ2n) is 3.52. The molecule has 1 aromatic rings. The van der Waals surface area contributed by atoms with Gasteiger partial charge in [0.1, 0.15) is 0 Å². The van der Waals surface area contributed by atoms with E-state index in [1.165, 1.54) is 18.3 Å². The first kappa shape index (κ1) is 14.2. The van der Waals surface area contributed by atoms with Gasteiger partial charge in [-0.3, -0.25) is 5.43 Å². The van der Waals surface area contributed by atoms with E-state index in [0.717, 1.165) is 0 Å². The molecule has 0 aliphatic carbocycles. The molecule has 0 aliphatic rings. The molecule has 0 heterocycles. The summed E-state index contributed by atoms with van der Waals surface area (Å²) in [5, 5.41) is 19.8. The lowest BCUT2D eigenvalue weighted by Crippen LogP contribution is -2.22. The SMILES string of the molecule is CC(C=NNc1ccc(C(=O)O)cc1)=NN=C(N)N. The first-order chi connectivity index (χ1) is 8.99. The Morgan fingerprint density at radius 1 is 1.26 bits per heavy atom. The highest BCUT2D eigenvalue weighted by Crippen LogP contribution is 2.09. The molecular formula is C11H14N6O2. The van der Waals surface area contributed by atoms with Crippen LogP contribution in [-0.4, -0.2) is 29.0 Å². The van der Waals surface area contributed by atoms with Crippen LogP contribution in [0.25, 0.3) is 0 Å². The van der Waals surface area contributed by atoms with Crippen LogP contribution >= 0.6 is 0 Å². The summed E-state index contributed by atoms with van der Waals surface area (Å²) in [4.78, 5) is 10.6. The van der Waals surface area contributed by atoms with Crippen molar-refractivity contribution in [2.45, 2.75) is 6.92 Å². The third kappa shape index (κ3) is 5.31. The molecule has 0 amide bonds. The number of carbonyl (C=O) groups is 1. The number of hydrogen-bond donors (Lipinski definition) is 4. The highest BCUT2D eigenvalue weighted by molar-refractivity contribution is 6.29. The molecule has 0 radical (unpaired) electrons. The van der Waals surface area contributed by atoms with Gasteiger partial charge < -0.3 is 16.6 Å². The van der Waals surface area contributed by atoms with E-state index in [0.29, 0.717) is 11.4 Å². The van der Waals surface area contributed by atoms with Crippen molar-refractivity contribution in [2.24, 2.45) is 26.8 Å². The number of hydrazone groups is 1. The summed E-state index contributed by atoms with van der Waals surface area (Å²) >= 11 is 0. The number of benzene rings is 1. The van der Waals surface area contributed by atoms with Gasteiger partial charge in [0.15, 0.2) is 0 Å². The third-order valence-corrected chi connectivity index (χ3v) is 1.90. The molecule has 1 rings (SSSR count). The number of hydrogen-bond acceptors (Lipinski definition) is 5. The van der Waals surface area contributed by atoms with Crippen molar-refractivity contribution < 1.29 is 9.90 Å². The number of nitrogens with two attached hydrogens (primary N) is 2. The molecule has 0 fully saturated rings. The van der Waals surface area contributed by atoms with Crippen molar-refractivity contribution in [1.82, 2.24) is 0 Å². The third-order valence-electron chi connectivity index (χ3n) is 1.90. The molecule has 0 saturated heterocycles. The molecule has 0 aliphatic heterocycles. The normalized spacial score (nSPS) is 11.3. The number of aromatic carboxylic acids is 1. The van der Waals surface area contributed by atoms with Gasteiger partial charge in [-0.2, -0.15) is 10.2 Å². The molecule has 0 unspecified atom stereocenters. The first-order valence-corrected chi connectivity index (χ1v) is 5.24. The predicted octanol–water partition coefficient (Wildman–Crippen LogP) is 0.432. The van der Waals surface area contributed by atoms with Crippen LogP contribution in [-0.2, 0) is 0 Å². The average molecular weight is 262 g/mol. The van der Waals surface area contributed by atoms with Gasteiger partial charge in [0.2, 0.25) is 5.96 Å². The molecule has 100 valence electrons. The van der Waals surface area contributed by atoms with Gasteiger partial charge in [-0.15, -0.1) is 5.10 Å². The summed E-state index contributed by atoms with van der Waals surface area (Å²) in [6, 6.07) is 6.15. The van der Waals surface area contributed by atoms with Crippen molar-refractivity contribution >= 4 is 29.5 Å². The highest BCUT2D eigenvalue weighted by Gasteiger charge is 2.00. The Hall–Kier alpha value is -2.90. The second kappa shape index (κ2) is 6.74. The molecule has 1 aromatic carbocycles. The fraction of sp³-hybridized carbons (Fsp3) is 0.0909. The van der Waals surface area contributed by atoms with Crippen molar-refractivity contribution in [3.05, 3.63) is 29.8 Å². The highest BCUT2D eigenvalue weighted by atomic mass is 16.4. The Morgan fingerprint density at radius 2 is 1.89 bits per heavy atom. The Bertz CT molecular complexity index is 529. The quantitative estimate of drug-likeness (QED) is 0.346. The Morgan fingerprint density at radius 3 is 2.42 bits per heavy atom. The maximum Gasteiger partial charge on any atom is 0.335 e. The average Bonchev–Trinajstić information content (AvgIpc) is 2.37. The summed E-state index contributed by atoms with van der Waals surface area (Å²) in [7, 11) is 0. The first-order valence-electron chi connectivity index (χ1n) is 5.24. The van der Waals surface area contributed by atoms with E-state index >= 15 is 0 Å². The number of carboxylic acid groups (broad SMARTS) is 1. The van der Waals surface area contributed by atoms with Crippen LogP contribution in [0.15, 0.2) is 39.6 Å². The minimum absolute atomic E-state index is 0.134. The lowest BCUT2D eigenvalue weighted by Gasteiger charge is -2.00. The molecule has 8 heteroatoms. The molecule has 6 N–H and O–H groups in total. The minimum atomic E-state index is -0.977. The summed E-state index contributed by atoms with van der Waals surface area (Å²) < 4.78 is 0. The number of guanidine groups is 1. The smallest absolute Gasteiger partial charge is 0.335 e. The topological polar surface area (TPSA) is 138 Å². The van der Waals surface area contributed by atoms with Crippen molar-refractivity contribution in [2.75, 3.05) is 5.43 Å². The van der Waals surface area contributed by atoms with Gasteiger partial charge in [-0.1, -0.05) is 0 Å². The number of carboxylic acids is 1. The molecule has 19 heavy (non-hydrogen) atoms. The van der Waals surface area contributed by atoms with Gasteiger partial charge in [0, 0.05) is 0 Å². The van der Waals surface area contributed by atoms with Crippen LogP contribution in [0.3, 0.4) is 0 Å². The van der Waals surface area contributed by atoms with Crippen molar-refractivity contribution in [3.8, 4) is 0 Å². The Balaban J connectivity index is 2.59. The number of nitrogens with one attached hydrogen (secondary N) is 1. The van der Waals surface area contributed by atoms with Gasteiger partial charge in [-0.25, -0.2) is 4.79 Å². The summed E-state index contributed by atoms with van der Waals surface area (Å²) in [6.45, 7) is 1.67. The van der Waals surface area contributed by atoms with E-state index in [4.69, 9.17) is 16.6 Å². The zero-order chi connectivity index (χ0) is 14.3. The second-order valence-corrected chi connectivity index (χ2v) is 3.52. The monoisotopic (exact) mass is 262 g/mol. The molecule has 0 atom stereocenters. The van der Waals surface area contributed by atoms with Crippen LogP contribution in [0.5, 0.6) is 0 Å². The largest absolute Gasteiger partial charge is 0.478 e. The van der Waals surface area contributed by atoms with Gasteiger partial charge in [0.05, 0.1) is 23.2 Å². The van der Waals surface area contributed by atoms with E-state index < -0.39 is 5.97 Å². The van der Waals surface area contributed by atoms with Gasteiger partial charge in [0.25, 0.3) is 0 Å². The molecule has 0 saturated carbocycles. The zero-order valence-electron chi connectivity index (χ0n) is 10.2. The molecular weight excluding hydrogens is 248 g/mol. The van der Waals surface area contributed by atoms with E-state index in [1.807, 2.05) is 0 Å². The van der Waals surface area contributed by atoms with Gasteiger partial charge >= 0.3 is 5.97 Å². The van der Waals surface area contributed by atoms with Crippen LogP contribution in [0.4, 0.5) is 5.69 Å². The fourth-order valence-corrected chi connectivity index (χ4v) is 1.05. The minimum Gasteiger partial charge on any atom is -0.478 e. The van der Waals surface area contributed by atoms with Crippen LogP contribution in [0, 0.1) is 0 Å². The van der Waals surface area contributed by atoms with Crippen molar-refractivity contribution in [1.29, 1.82) is 0 Å². The summed E-state index contributed by atoms with van der Waals surface area (Å²) in [5.74, 6) is -1.11. The Labute approximate surface area is 109 Å². The van der Waals surface area contributed by atoms with E-state index in [1.54, 1.807) is 19.1 Å². The molecule has 0 aromatic heterocycles. The number of rotatable bonds is 5. The van der Waals surface area contributed by atoms with E-state index in [9.17, 15) is 4.79 Å². The fourth-order valence-electron chi connectivity index (χ4n) is 1.05. The lowest BCUT2D eigenvalue weighted by atomic mass is 10.2. The number of anilines is 1. The van der Waals surface area contributed by atoms with Crippen LogP contribution < -0.4 is 16.9 Å². The van der Waals surface area contributed by atoms with Crippen LogP contribution in [0.2, 0.25) is 0 Å². The molecule has 0 bridgehead atoms. The zero-order valence-corrected chi connectivity index (χ0v) is 10.2. The molecule has 0 spiro atoms. The lowest BCUT2D eigenvalue weighted by molar-refractivity contribution is 0.0697. The van der Waals surface area contributed by atoms with E-state index in [-0.39, 0.29) is 11.5 Å². The molecule has 8 nitrogen and oxygen atoms in total. The van der Waals surface area contributed by atoms with E-state index in [2.05, 4.69) is 20.7 Å². The van der Waals surface area contributed by atoms with Crippen LogP contribution in [0.1, 0.15) is 17.3 Å². The number of nitrogens with zero attached hydrogens (tertiary/aromatic N) is 3. The van der Waals surface area contributed by atoms with Gasteiger partial charge in [-0.05, 0) is 31.2 Å². The predicted molar refractivity (Wildman–Crippen MR) is 74.4 cm³/mol. The maximum atomic E-state index is 10.6. The maximum absolute atomic E-state index is 10.6. The summed E-state index contributed by atoms with van der Waals surface area (Å²) in [5.41, 5.74) is 14.3. The standard InChI is InChI=1S/C11H14N6O2/c1-7(15-17-11(12)13)6-14-16-9-4-2-8(3-5-9)10(18)19/h2-6,16H,1H3,(H,18,19)(H4,12,13,17). The Kier molecular flexibility index (Phi) is 5.03. The van der Waals surface area contributed by atoms with Crippen molar-refractivity contribution in [3.63, 3.8) is 0 Å². The summed E-state index contributed by atoms with van der Waals surface area (Å²) in [6.07, 6.45) is 1.43.